The van der Waals surface area contributed by atoms with Gasteiger partial charge in [-0.2, -0.15) is 0 Å². The van der Waals surface area contributed by atoms with Crippen LogP contribution in [0.5, 0.6) is 5.75 Å². The van der Waals surface area contributed by atoms with Gasteiger partial charge in [-0.3, -0.25) is 57.9 Å². The molecule has 36 heteroatoms. The van der Waals surface area contributed by atoms with Gasteiger partial charge in [0.1, 0.15) is 41.3 Å². The Hall–Kier alpha value is -9.07. The van der Waals surface area contributed by atoms with Gasteiger partial charge in [-0.05, 0) is 113 Å². The minimum absolute atomic E-state index is 0. The summed E-state index contributed by atoms with van der Waals surface area (Å²) < 4.78 is 0. The van der Waals surface area contributed by atoms with E-state index >= 15 is 0 Å². The zero-order valence-corrected chi connectivity index (χ0v) is 62.5. The monoisotopic (exact) mass is 1620 g/mol. The number of aromatic hydroxyl groups is 1. The van der Waals surface area contributed by atoms with Crippen molar-refractivity contribution in [2.45, 2.75) is 161 Å². The van der Waals surface area contributed by atoms with E-state index in [2.05, 4.69) is 88.1 Å². The fourth-order valence-corrected chi connectivity index (χ4v) is 10.5. The van der Waals surface area contributed by atoms with Crippen LogP contribution in [-0.2, 0) is 81.8 Å². The first-order valence-electron chi connectivity index (χ1n) is 34.7. The molecular weight excluding hydrogens is 1520 g/mol. The number of rotatable bonds is 51. The number of unbranched alkanes of at least 4 members (excludes halogenated alkanes) is 7. The number of pyridine rings is 2. The van der Waals surface area contributed by atoms with Crippen LogP contribution in [0.25, 0.3) is 22.8 Å². The molecule has 0 spiro atoms. The molecule has 4 atom stereocenters. The Morgan fingerprint density at radius 2 is 0.925 bits per heavy atom. The number of nitrogens with zero attached hydrogens (tertiary/aromatic N) is 7. The van der Waals surface area contributed by atoms with E-state index in [4.69, 9.17) is 0 Å². The average Bonchev–Trinajstić information content (AvgIpc) is 0.821. The van der Waals surface area contributed by atoms with E-state index in [1.165, 1.54) is 68.1 Å². The van der Waals surface area contributed by atoms with Crippen molar-refractivity contribution in [3.8, 4) is 28.5 Å². The first kappa shape index (κ1) is 93.0. The number of phenolic OH excluding ortho intramolecular Hbond substituents is 1. The maximum absolute atomic E-state index is 13.2. The van der Waals surface area contributed by atoms with Crippen molar-refractivity contribution in [3.05, 3.63) is 90.0 Å². The molecule has 0 unspecified atom stereocenters. The minimum atomic E-state index is -1.59. The molecule has 0 saturated carbocycles. The van der Waals surface area contributed by atoms with E-state index in [0.29, 0.717) is 72.6 Å². The van der Waals surface area contributed by atoms with Gasteiger partial charge in [-0.15, -0.1) is 0 Å². The van der Waals surface area contributed by atoms with Crippen LogP contribution in [0.4, 0.5) is 0 Å². The zero-order chi connectivity index (χ0) is 77.6. The second-order valence-corrected chi connectivity index (χ2v) is 24.4. The smallest absolute Gasteiger partial charge is 0.549 e. The van der Waals surface area contributed by atoms with Gasteiger partial charge >= 0.3 is 61.3 Å². The number of carboxylic acid groups (broad SMARTS) is 5. The molecule has 0 aliphatic heterocycles. The first-order chi connectivity index (χ1) is 50.1. The molecule has 3 aromatic heterocycles. The molecule has 0 bridgehead atoms. The summed E-state index contributed by atoms with van der Waals surface area (Å²) in [5.74, 6) is -12.4. The molecule has 35 nitrogen and oxygen atoms in total. The Balaban J connectivity index is 0.00000452. The molecule has 0 saturated heterocycles. The van der Waals surface area contributed by atoms with Crippen molar-refractivity contribution in [1.82, 2.24) is 77.2 Å². The van der Waals surface area contributed by atoms with Crippen LogP contribution in [0.2, 0.25) is 0 Å². The molecule has 4 aromatic rings. The standard InChI is InChI=1S/C64H86N14O20.C6H15N.Eu/c1-40(80)68-31-55(84)74-47(61(93)69-33-57(86)76-51(39-79)62(94)70-32-56(85)75-48(63(95)96)28-41-22-24-44(81)25-23-41)16-8-10-26-66-53(82)20-6-4-2-3-5-7-21-54(83)67-27-11-9-19-52(64(97)98)78(38-60(91)92)35-43-15-13-18-46(72-43)50-30-65-29-49(73-50)45-17-12-14-42(71-45)34-77(36-58(87)88)37-59(89)90;1-4-7(5-2)6-3;/h12-15,17-18,22-25,29-30,47-48,51-52,79,81H,2-11,16,19-21,26-28,31-39H2,1H3,(H,66,82)(H,67,83)(H,68,80)(H,69,93)(H,70,94)(H,74,84)(H,75,85)(H,76,86)(H,87,88)(H,89,90)(H,91,92)(H,95,96)(H,97,98);4-6H2,1-3H3;/q;;+3/p-3/t47-,48-,51-,52-;;/m0../s1. The molecule has 8 amide bonds. The van der Waals surface area contributed by atoms with E-state index in [0.717, 1.165) is 30.6 Å². The Morgan fingerprint density at radius 3 is 1.38 bits per heavy atom. The SMILES string of the molecule is CC(=O)NCC(=O)N[C@@H](CCCCNC(=O)CCCCCCCCC(=O)NCCCC[C@@H](C(=O)O)N(CC(=O)[O-])Cc1cccc(-c2cncc(-c3cccc(CN(CC(=O)[O-])CC(=O)[O-])n3)n2)n1)C(=O)NCC(=O)N[C@@H](CO)C(=O)NCC(=O)N[C@@H](Cc1ccc(O)cc1)C(=O)O.CCN(CC)CC.[Eu+3]. The Kier molecular flexibility index (Phi) is 46.4. The van der Waals surface area contributed by atoms with Crippen molar-refractivity contribution in [1.29, 1.82) is 0 Å². The van der Waals surface area contributed by atoms with Gasteiger partial charge in [-0.25, -0.2) is 19.7 Å². The number of benzene rings is 1. The Morgan fingerprint density at radius 1 is 0.472 bits per heavy atom. The number of carboxylic acids is 5. The number of hydrogen-bond acceptors (Lipinski definition) is 25. The summed E-state index contributed by atoms with van der Waals surface area (Å²) in [5.41, 5.74) is 2.36. The quantitative estimate of drug-likeness (QED) is 0.0194. The number of phenols is 1. The van der Waals surface area contributed by atoms with Gasteiger partial charge in [0.2, 0.25) is 47.3 Å². The molecule has 0 aliphatic carbocycles. The topological polar surface area (TPSA) is 530 Å². The summed E-state index contributed by atoms with van der Waals surface area (Å²) in [6.07, 6.45) is 9.21. The summed E-state index contributed by atoms with van der Waals surface area (Å²) in [6.45, 7) is 6.62. The van der Waals surface area contributed by atoms with Crippen molar-refractivity contribution < 1.29 is 147 Å². The third-order valence-corrected chi connectivity index (χ3v) is 16.0. The predicted octanol–water partition coefficient (Wildman–Crippen LogP) is -3.20. The molecule has 580 valence electrons. The van der Waals surface area contributed by atoms with Crippen molar-refractivity contribution >= 4 is 77.1 Å². The van der Waals surface area contributed by atoms with Crippen LogP contribution < -0.4 is 57.9 Å². The molecule has 1 aromatic carbocycles. The number of hydrogen-bond donors (Lipinski definition) is 12. The first-order valence-corrected chi connectivity index (χ1v) is 34.7. The van der Waals surface area contributed by atoms with Crippen LogP contribution in [0.1, 0.15) is 135 Å². The number of amides is 8. The van der Waals surface area contributed by atoms with Crippen LogP contribution in [-0.4, -0.2) is 235 Å². The largest absolute Gasteiger partial charge is 3.00 e. The number of carbonyl (C=O) groups excluding carboxylic acids is 11. The van der Waals surface area contributed by atoms with E-state index in [9.17, 15) is 98.1 Å². The van der Waals surface area contributed by atoms with Gasteiger partial charge < -0.3 is 97.6 Å². The second-order valence-electron chi connectivity index (χ2n) is 24.4. The Bertz CT molecular complexity index is 3460. The number of aromatic nitrogens is 4. The second kappa shape index (κ2) is 52.8. The summed E-state index contributed by atoms with van der Waals surface area (Å²) >= 11 is 0. The number of carbonyl (C=O) groups is 13. The predicted molar refractivity (Wildman–Crippen MR) is 372 cm³/mol. The van der Waals surface area contributed by atoms with Gasteiger partial charge in [-0.1, -0.05) is 70.7 Å². The molecule has 3 heterocycles. The maximum Gasteiger partial charge on any atom is 3.00 e. The van der Waals surface area contributed by atoms with Gasteiger partial charge in [0.05, 0.1) is 79.3 Å². The van der Waals surface area contributed by atoms with E-state index in [1.54, 1.807) is 36.4 Å². The number of aliphatic carboxylic acids is 5. The van der Waals surface area contributed by atoms with E-state index in [1.807, 2.05) is 0 Å². The average molecular weight is 1620 g/mol. The van der Waals surface area contributed by atoms with Crippen LogP contribution >= 0.6 is 0 Å². The molecular formula is C70H98EuN15O20. The maximum atomic E-state index is 13.2. The normalized spacial score (nSPS) is 12.0. The molecule has 12 N–H and O–H groups in total. The van der Waals surface area contributed by atoms with Gasteiger partial charge in [0.15, 0.2) is 0 Å². The number of aliphatic hydroxyl groups is 1. The number of aliphatic hydroxyl groups excluding tert-OH is 1. The molecule has 0 radical (unpaired) electrons. The van der Waals surface area contributed by atoms with Crippen LogP contribution in [0.15, 0.2) is 73.1 Å². The summed E-state index contributed by atoms with van der Waals surface area (Å²) in [7, 11) is 0. The van der Waals surface area contributed by atoms with E-state index in [-0.39, 0.29) is 131 Å². The fourth-order valence-electron chi connectivity index (χ4n) is 10.5. The molecule has 0 aliphatic rings. The van der Waals surface area contributed by atoms with Crippen molar-refractivity contribution in [2.24, 2.45) is 0 Å². The minimum Gasteiger partial charge on any atom is -0.549 e. The number of nitrogens with one attached hydrogen (secondary N) is 8. The summed E-state index contributed by atoms with van der Waals surface area (Å²) in [5, 5.41) is 92.7. The molecule has 4 rings (SSSR count). The van der Waals surface area contributed by atoms with Crippen LogP contribution in [0.3, 0.4) is 0 Å². The van der Waals surface area contributed by atoms with E-state index < -0.39 is 135 Å². The zero-order valence-electron chi connectivity index (χ0n) is 60.1. The summed E-state index contributed by atoms with van der Waals surface area (Å²) in [4.78, 5) is 181. The Labute approximate surface area is 655 Å². The van der Waals surface area contributed by atoms with Crippen molar-refractivity contribution in [2.75, 3.05) is 78.6 Å². The van der Waals surface area contributed by atoms with Gasteiger partial charge in [0, 0.05) is 72.0 Å². The third-order valence-electron chi connectivity index (χ3n) is 16.0. The third kappa shape index (κ3) is 39.9. The molecule has 106 heavy (non-hydrogen) atoms. The summed E-state index contributed by atoms with van der Waals surface area (Å²) in [6, 6.07) is 9.87. The van der Waals surface area contributed by atoms with Crippen molar-refractivity contribution in [3.63, 3.8) is 0 Å². The molecule has 0 fully saturated rings. The van der Waals surface area contributed by atoms with Gasteiger partial charge in [0.25, 0.3) is 0 Å². The van der Waals surface area contributed by atoms with Crippen LogP contribution in [0, 0.1) is 49.4 Å². The fraction of sp³-hybridized carbons (Fsp3) is 0.529.